The molecule has 0 amide bonds. The monoisotopic (exact) mass is 300 g/mol. The van der Waals surface area contributed by atoms with Crippen molar-refractivity contribution < 1.29 is 33.8 Å². The van der Waals surface area contributed by atoms with E-state index in [1.54, 1.807) is 0 Å². The maximum atomic E-state index is 8.20. The minimum atomic E-state index is 0. The summed E-state index contributed by atoms with van der Waals surface area (Å²) in [5, 5.41) is 11.1. The molecule has 0 aromatic carbocycles. The summed E-state index contributed by atoms with van der Waals surface area (Å²) in [6, 6.07) is 5.66. The molecule has 12 heavy (non-hydrogen) atoms. The molecule has 0 saturated carbocycles. The average Bonchev–Trinajstić information content (AvgIpc) is 1.94. The third-order valence-corrected chi connectivity index (χ3v) is 1.29. The summed E-state index contributed by atoms with van der Waals surface area (Å²) in [5.41, 5.74) is 0.866. The fourth-order valence-electron chi connectivity index (χ4n) is 0.730. The molecule has 0 radical (unpaired) electrons. The maximum absolute atomic E-state index is 8.20. The molecule has 0 aliphatic rings. The first-order chi connectivity index (χ1) is 4.84. The molecule has 1 N–H and O–H groups in total. The Morgan fingerprint density at radius 3 is 2.67 bits per heavy atom. The van der Waals surface area contributed by atoms with Gasteiger partial charge in [0.05, 0.1) is 0 Å². The van der Waals surface area contributed by atoms with Crippen LogP contribution in [0.3, 0.4) is 0 Å². The number of oxime groups is 1. The quantitative estimate of drug-likeness (QED) is 0.205. The summed E-state index contributed by atoms with van der Waals surface area (Å²) in [7, 11) is 1.89. The molecule has 5 heteroatoms. The van der Waals surface area contributed by atoms with Gasteiger partial charge >= 0.3 is 0 Å². The third kappa shape index (κ3) is 3.87. The molecule has 3 nitrogen and oxygen atoms in total. The van der Waals surface area contributed by atoms with E-state index in [0.29, 0.717) is 0 Å². The second-order valence-electron chi connectivity index (χ2n) is 1.98. The van der Waals surface area contributed by atoms with Gasteiger partial charge in [-0.25, -0.2) is 4.57 Å². The Bertz CT molecular complexity index is 255. The number of rotatable bonds is 1. The fraction of sp³-hybridized carbons (Fsp3) is 0.143. The van der Waals surface area contributed by atoms with Gasteiger partial charge in [0, 0.05) is 12.1 Å². The lowest BCUT2D eigenvalue weighted by atomic mass is 10.4. The second kappa shape index (κ2) is 7.30. The lowest BCUT2D eigenvalue weighted by molar-refractivity contribution is -0.672. The van der Waals surface area contributed by atoms with Crippen LogP contribution in [-0.2, 0) is 7.05 Å². The zero-order valence-corrected chi connectivity index (χ0v) is 9.49. The Hall–Kier alpha value is -0.360. The Morgan fingerprint density at radius 2 is 2.17 bits per heavy atom. The highest BCUT2D eigenvalue weighted by molar-refractivity contribution is 5.85. The van der Waals surface area contributed by atoms with Crippen LogP contribution in [-0.4, -0.2) is 11.4 Å². The molecule has 0 fully saturated rings. The van der Waals surface area contributed by atoms with Crippen LogP contribution in [0.25, 0.3) is 0 Å². The van der Waals surface area contributed by atoms with Crippen LogP contribution in [0.4, 0.5) is 0 Å². The summed E-state index contributed by atoms with van der Waals surface area (Å²) in [4.78, 5) is 0. The predicted octanol–water partition coefficient (Wildman–Crippen LogP) is -2.25. The van der Waals surface area contributed by atoms with Crippen molar-refractivity contribution in [3.05, 3.63) is 30.1 Å². The SMILES string of the molecule is C[n+]1ccccc1/C=N/O.Cl.[I-]. The normalized spacial score (nSPS) is 8.75. The van der Waals surface area contributed by atoms with Gasteiger partial charge in [-0.2, -0.15) is 0 Å². The first-order valence-electron chi connectivity index (χ1n) is 2.96. The Kier molecular flexibility index (Phi) is 8.62. The van der Waals surface area contributed by atoms with Gasteiger partial charge < -0.3 is 29.2 Å². The predicted molar refractivity (Wildman–Crippen MR) is 44.2 cm³/mol. The molecule has 0 unspecified atom stereocenters. The van der Waals surface area contributed by atoms with E-state index in [4.69, 9.17) is 5.21 Å². The molecule has 1 aromatic rings. The Labute approximate surface area is 94.5 Å². The van der Waals surface area contributed by atoms with E-state index in [-0.39, 0.29) is 36.4 Å². The van der Waals surface area contributed by atoms with Crippen LogP contribution in [0.15, 0.2) is 29.6 Å². The lowest BCUT2D eigenvalue weighted by Crippen LogP contribution is -3.00. The molecule has 0 saturated heterocycles. The number of pyridine rings is 1. The smallest absolute Gasteiger partial charge is 0.226 e. The van der Waals surface area contributed by atoms with Gasteiger partial charge in [-0.15, -0.1) is 12.4 Å². The van der Waals surface area contributed by atoms with Crippen molar-refractivity contribution in [1.82, 2.24) is 0 Å². The van der Waals surface area contributed by atoms with Gasteiger partial charge in [-0.3, -0.25) is 0 Å². The van der Waals surface area contributed by atoms with Crippen molar-refractivity contribution in [3.8, 4) is 0 Å². The molecule has 0 spiro atoms. The number of nitrogens with zero attached hydrogens (tertiary/aromatic N) is 2. The Balaban J connectivity index is 0. The van der Waals surface area contributed by atoms with E-state index < -0.39 is 0 Å². The number of hydrogen-bond acceptors (Lipinski definition) is 2. The average molecular weight is 301 g/mol. The molecule has 1 heterocycles. The van der Waals surface area contributed by atoms with Crippen LogP contribution < -0.4 is 28.5 Å². The standard InChI is InChI=1S/C7H8N2O.ClH.HI/c1-9-5-3-2-4-7(9)6-8-10;;/h2-6H,1H3;2*1H. The summed E-state index contributed by atoms with van der Waals surface area (Å²) < 4.78 is 1.86. The molecule has 1 aromatic heterocycles. The summed E-state index contributed by atoms with van der Waals surface area (Å²) in [6.45, 7) is 0. The van der Waals surface area contributed by atoms with Gasteiger partial charge in [0.1, 0.15) is 13.3 Å². The third-order valence-electron chi connectivity index (χ3n) is 1.29. The maximum Gasteiger partial charge on any atom is 0.226 e. The van der Waals surface area contributed by atoms with Crippen LogP contribution >= 0.6 is 12.4 Å². The van der Waals surface area contributed by atoms with Crippen molar-refractivity contribution >= 4 is 18.6 Å². The van der Waals surface area contributed by atoms with E-state index in [2.05, 4.69) is 5.16 Å². The first kappa shape index (κ1) is 14.2. The van der Waals surface area contributed by atoms with Crippen LogP contribution in [0, 0.1) is 0 Å². The molecule has 0 aliphatic heterocycles. The number of aryl methyl sites for hydroxylation is 1. The summed E-state index contributed by atoms with van der Waals surface area (Å²) in [5.74, 6) is 0. The van der Waals surface area contributed by atoms with Gasteiger partial charge in [0.25, 0.3) is 0 Å². The minimum absolute atomic E-state index is 0. The molecular formula is C7H10ClIN2O. The number of hydrogen-bond donors (Lipinski definition) is 1. The highest BCUT2D eigenvalue weighted by Crippen LogP contribution is 1.84. The van der Waals surface area contributed by atoms with E-state index in [1.165, 1.54) is 6.21 Å². The summed E-state index contributed by atoms with van der Waals surface area (Å²) >= 11 is 0. The molecule has 0 bridgehead atoms. The topological polar surface area (TPSA) is 36.5 Å². The fourth-order valence-corrected chi connectivity index (χ4v) is 0.730. The van der Waals surface area contributed by atoms with Crippen LogP contribution in [0.1, 0.15) is 5.69 Å². The second-order valence-corrected chi connectivity index (χ2v) is 1.98. The van der Waals surface area contributed by atoms with Crippen molar-refractivity contribution in [1.29, 1.82) is 0 Å². The van der Waals surface area contributed by atoms with Gasteiger partial charge in [-0.05, 0) is 6.07 Å². The Morgan fingerprint density at radius 1 is 1.50 bits per heavy atom. The van der Waals surface area contributed by atoms with Crippen molar-refractivity contribution in [2.75, 3.05) is 0 Å². The van der Waals surface area contributed by atoms with E-state index in [0.717, 1.165) is 5.69 Å². The molecular weight excluding hydrogens is 290 g/mol. The molecule has 1 rings (SSSR count). The zero-order chi connectivity index (χ0) is 7.40. The molecule has 68 valence electrons. The summed E-state index contributed by atoms with van der Waals surface area (Å²) in [6.07, 6.45) is 3.27. The largest absolute Gasteiger partial charge is 1.00 e. The highest BCUT2D eigenvalue weighted by atomic mass is 127. The molecule has 0 aliphatic carbocycles. The van der Waals surface area contributed by atoms with Crippen LogP contribution in [0.2, 0.25) is 0 Å². The number of aromatic nitrogens is 1. The van der Waals surface area contributed by atoms with Gasteiger partial charge in [0.2, 0.25) is 5.69 Å². The number of halogens is 2. The minimum Gasteiger partial charge on any atom is -1.00 e. The van der Waals surface area contributed by atoms with Gasteiger partial charge in [-0.1, -0.05) is 5.16 Å². The van der Waals surface area contributed by atoms with E-state index >= 15 is 0 Å². The van der Waals surface area contributed by atoms with E-state index in [1.807, 2.05) is 36.0 Å². The van der Waals surface area contributed by atoms with Crippen molar-refractivity contribution in [3.63, 3.8) is 0 Å². The van der Waals surface area contributed by atoms with Gasteiger partial charge in [0.15, 0.2) is 6.20 Å². The van der Waals surface area contributed by atoms with Crippen molar-refractivity contribution in [2.24, 2.45) is 12.2 Å². The highest BCUT2D eigenvalue weighted by Gasteiger charge is 1.98. The molecule has 0 atom stereocenters. The van der Waals surface area contributed by atoms with Crippen molar-refractivity contribution in [2.45, 2.75) is 0 Å². The van der Waals surface area contributed by atoms with Crippen LogP contribution in [0.5, 0.6) is 0 Å². The van der Waals surface area contributed by atoms with E-state index in [9.17, 15) is 0 Å². The lowest BCUT2D eigenvalue weighted by Gasteiger charge is -1.88. The first-order valence-corrected chi connectivity index (χ1v) is 2.96. The zero-order valence-electron chi connectivity index (χ0n) is 6.51.